The highest BCUT2D eigenvalue weighted by molar-refractivity contribution is 7.98. The summed E-state index contributed by atoms with van der Waals surface area (Å²) in [5.74, 6) is 0.0790. The van der Waals surface area contributed by atoms with E-state index in [1.165, 1.54) is 19.2 Å². The van der Waals surface area contributed by atoms with Crippen LogP contribution in [0.5, 0.6) is 5.75 Å². The SMILES string of the molecule is COc1cc(SC)ccc1C(=O)Nc1cccc(S(=O)(=O)NC(C)(C)C)c1. The van der Waals surface area contributed by atoms with E-state index in [9.17, 15) is 13.2 Å². The van der Waals surface area contributed by atoms with Crippen LogP contribution in [0.4, 0.5) is 5.69 Å². The summed E-state index contributed by atoms with van der Waals surface area (Å²) in [5.41, 5.74) is 0.147. The molecule has 27 heavy (non-hydrogen) atoms. The Morgan fingerprint density at radius 3 is 2.41 bits per heavy atom. The molecule has 2 aromatic carbocycles. The quantitative estimate of drug-likeness (QED) is 0.711. The molecule has 0 saturated heterocycles. The molecule has 146 valence electrons. The summed E-state index contributed by atoms with van der Waals surface area (Å²) in [4.78, 5) is 13.7. The molecule has 0 aliphatic rings. The summed E-state index contributed by atoms with van der Waals surface area (Å²) in [7, 11) is -2.19. The minimum absolute atomic E-state index is 0.0833. The molecule has 0 bridgehead atoms. The fourth-order valence-corrected chi connectivity index (χ4v) is 4.28. The maximum absolute atomic E-state index is 12.6. The van der Waals surface area contributed by atoms with Crippen LogP contribution >= 0.6 is 11.8 Å². The van der Waals surface area contributed by atoms with E-state index < -0.39 is 15.6 Å². The van der Waals surface area contributed by atoms with Crippen molar-refractivity contribution in [2.45, 2.75) is 36.1 Å². The fraction of sp³-hybridized carbons (Fsp3) is 0.316. The summed E-state index contributed by atoms with van der Waals surface area (Å²) < 4.78 is 32.9. The van der Waals surface area contributed by atoms with Gasteiger partial charge in [-0.1, -0.05) is 6.07 Å². The van der Waals surface area contributed by atoms with Gasteiger partial charge in [0.2, 0.25) is 10.0 Å². The Kier molecular flexibility index (Phi) is 6.56. The second kappa shape index (κ2) is 8.33. The maximum Gasteiger partial charge on any atom is 0.259 e. The van der Waals surface area contributed by atoms with Crippen molar-refractivity contribution in [3.8, 4) is 5.75 Å². The first-order chi connectivity index (χ1) is 12.6. The second-order valence-electron chi connectivity index (χ2n) is 6.90. The van der Waals surface area contributed by atoms with Gasteiger partial charge in [-0.25, -0.2) is 13.1 Å². The molecule has 0 heterocycles. The van der Waals surface area contributed by atoms with E-state index in [4.69, 9.17) is 4.74 Å². The van der Waals surface area contributed by atoms with E-state index in [1.807, 2.05) is 12.3 Å². The predicted octanol–water partition coefficient (Wildman–Crippen LogP) is 3.75. The number of nitrogens with one attached hydrogen (secondary N) is 2. The topological polar surface area (TPSA) is 84.5 Å². The Labute approximate surface area is 164 Å². The number of amides is 1. The minimum atomic E-state index is -3.69. The van der Waals surface area contributed by atoms with Gasteiger partial charge in [0.1, 0.15) is 5.75 Å². The number of ether oxygens (including phenoxy) is 1. The van der Waals surface area contributed by atoms with Crippen molar-refractivity contribution < 1.29 is 17.9 Å². The molecule has 1 amide bonds. The van der Waals surface area contributed by atoms with Crippen molar-refractivity contribution in [2.24, 2.45) is 0 Å². The lowest BCUT2D eigenvalue weighted by Crippen LogP contribution is -2.40. The predicted molar refractivity (Wildman–Crippen MR) is 109 cm³/mol. The molecule has 6 nitrogen and oxygen atoms in total. The lowest BCUT2D eigenvalue weighted by atomic mass is 10.1. The first-order valence-electron chi connectivity index (χ1n) is 8.23. The summed E-state index contributed by atoms with van der Waals surface area (Å²) in [5, 5.41) is 2.73. The molecule has 0 unspecified atom stereocenters. The Hall–Kier alpha value is -2.03. The molecule has 0 radical (unpaired) electrons. The van der Waals surface area contributed by atoms with E-state index in [1.54, 1.807) is 56.8 Å². The van der Waals surface area contributed by atoms with E-state index in [0.29, 0.717) is 17.0 Å². The first kappa shape index (κ1) is 21.3. The van der Waals surface area contributed by atoms with Crippen LogP contribution in [0.2, 0.25) is 0 Å². The number of hydrogen-bond donors (Lipinski definition) is 2. The molecule has 2 rings (SSSR count). The van der Waals surface area contributed by atoms with Gasteiger partial charge in [0.25, 0.3) is 5.91 Å². The summed E-state index contributed by atoms with van der Waals surface area (Å²) >= 11 is 1.55. The molecule has 2 N–H and O–H groups in total. The van der Waals surface area contributed by atoms with E-state index >= 15 is 0 Å². The smallest absolute Gasteiger partial charge is 0.259 e. The second-order valence-corrected chi connectivity index (χ2v) is 9.47. The number of carbonyl (C=O) groups excluding carboxylic acids is 1. The number of benzene rings is 2. The number of sulfonamides is 1. The molecule has 0 aliphatic heterocycles. The number of hydrogen-bond acceptors (Lipinski definition) is 5. The Balaban J connectivity index is 2.28. The molecule has 0 spiro atoms. The van der Waals surface area contributed by atoms with Gasteiger partial charge in [0.15, 0.2) is 0 Å². The number of thioether (sulfide) groups is 1. The van der Waals surface area contributed by atoms with Gasteiger partial charge in [-0.15, -0.1) is 11.8 Å². The summed E-state index contributed by atoms with van der Waals surface area (Å²) in [6.07, 6.45) is 1.94. The van der Waals surface area contributed by atoms with Crippen LogP contribution in [-0.4, -0.2) is 33.2 Å². The first-order valence-corrected chi connectivity index (χ1v) is 10.9. The van der Waals surface area contributed by atoms with Crippen LogP contribution in [0.1, 0.15) is 31.1 Å². The molecule has 0 atom stereocenters. The zero-order valence-corrected chi connectivity index (χ0v) is 17.6. The zero-order valence-electron chi connectivity index (χ0n) is 16.0. The molecular formula is C19H24N2O4S2. The van der Waals surface area contributed by atoms with Gasteiger partial charge >= 0.3 is 0 Å². The number of carbonyl (C=O) groups is 1. The molecule has 8 heteroatoms. The average molecular weight is 409 g/mol. The van der Waals surface area contributed by atoms with E-state index in [-0.39, 0.29) is 10.8 Å². The third-order valence-electron chi connectivity index (χ3n) is 3.50. The summed E-state index contributed by atoms with van der Waals surface area (Å²) in [6, 6.07) is 11.4. The Morgan fingerprint density at radius 1 is 1.11 bits per heavy atom. The van der Waals surface area contributed by atoms with Crippen LogP contribution < -0.4 is 14.8 Å². The van der Waals surface area contributed by atoms with Crippen LogP contribution in [0.3, 0.4) is 0 Å². The highest BCUT2D eigenvalue weighted by Crippen LogP contribution is 2.26. The molecule has 2 aromatic rings. The van der Waals surface area contributed by atoms with Gasteiger partial charge < -0.3 is 10.1 Å². The Morgan fingerprint density at radius 2 is 1.81 bits per heavy atom. The van der Waals surface area contributed by atoms with Crippen molar-refractivity contribution in [3.63, 3.8) is 0 Å². The fourth-order valence-electron chi connectivity index (χ4n) is 2.39. The van der Waals surface area contributed by atoms with Crippen molar-refractivity contribution in [1.29, 1.82) is 0 Å². The number of rotatable bonds is 6. The van der Waals surface area contributed by atoms with Gasteiger partial charge in [0.05, 0.1) is 17.6 Å². The van der Waals surface area contributed by atoms with Gasteiger partial charge in [0, 0.05) is 16.1 Å². The summed E-state index contributed by atoms with van der Waals surface area (Å²) in [6.45, 7) is 5.29. The van der Waals surface area contributed by atoms with Crippen LogP contribution in [0.15, 0.2) is 52.3 Å². The highest BCUT2D eigenvalue weighted by Gasteiger charge is 2.22. The van der Waals surface area contributed by atoms with Gasteiger partial charge in [-0.3, -0.25) is 4.79 Å². The monoisotopic (exact) mass is 408 g/mol. The Bertz CT molecular complexity index is 935. The van der Waals surface area contributed by atoms with E-state index in [2.05, 4.69) is 10.0 Å². The molecule has 0 saturated carbocycles. The standard InChI is InChI=1S/C19H24N2O4S2/c1-19(2,3)21-27(23,24)15-8-6-7-13(11-15)20-18(22)16-10-9-14(26-5)12-17(16)25-4/h6-12,21H,1-5H3,(H,20,22). The normalized spacial score (nSPS) is 11.9. The number of anilines is 1. The van der Waals surface area contributed by atoms with Crippen molar-refractivity contribution in [1.82, 2.24) is 4.72 Å². The third-order valence-corrected chi connectivity index (χ3v) is 5.98. The molecular weight excluding hydrogens is 384 g/mol. The van der Waals surface area contributed by atoms with Crippen molar-refractivity contribution in [2.75, 3.05) is 18.7 Å². The third kappa shape index (κ3) is 5.72. The lowest BCUT2D eigenvalue weighted by molar-refractivity contribution is 0.102. The zero-order chi connectivity index (χ0) is 20.2. The van der Waals surface area contributed by atoms with Crippen molar-refractivity contribution in [3.05, 3.63) is 48.0 Å². The van der Waals surface area contributed by atoms with Crippen molar-refractivity contribution >= 4 is 33.4 Å². The molecule has 0 aromatic heterocycles. The minimum Gasteiger partial charge on any atom is -0.496 e. The largest absolute Gasteiger partial charge is 0.496 e. The lowest BCUT2D eigenvalue weighted by Gasteiger charge is -2.20. The number of methoxy groups -OCH3 is 1. The highest BCUT2D eigenvalue weighted by atomic mass is 32.2. The van der Waals surface area contributed by atoms with Crippen LogP contribution in [0, 0.1) is 0 Å². The molecule has 0 fully saturated rings. The van der Waals surface area contributed by atoms with Gasteiger partial charge in [-0.2, -0.15) is 0 Å². The van der Waals surface area contributed by atoms with E-state index in [0.717, 1.165) is 4.90 Å². The van der Waals surface area contributed by atoms with Gasteiger partial charge in [-0.05, 0) is 63.4 Å². The van der Waals surface area contributed by atoms with Crippen LogP contribution in [0.25, 0.3) is 0 Å². The van der Waals surface area contributed by atoms with Crippen LogP contribution in [-0.2, 0) is 10.0 Å². The average Bonchev–Trinajstić information content (AvgIpc) is 2.59. The maximum atomic E-state index is 12.6. The molecule has 0 aliphatic carbocycles.